The number of carbonyl (C=O) groups is 2. The summed E-state index contributed by atoms with van der Waals surface area (Å²) >= 11 is 0. The standard InChI is InChI=1S/C10H6O2.Na.4H2O4S.H/c11-9-5-6-10(12)8-4-2-1-3-7(8)9;;4*1-5(2,3)4;/h1-6H;;4*(H2,1,2,3,4);/q;+1;;;;;-1. The van der Waals surface area contributed by atoms with E-state index in [2.05, 4.69) is 0 Å². The van der Waals surface area contributed by atoms with Crippen molar-refractivity contribution >= 4 is 53.2 Å². The Labute approximate surface area is 210 Å². The summed E-state index contributed by atoms with van der Waals surface area (Å²) in [6.45, 7) is 0. The van der Waals surface area contributed by atoms with Crippen molar-refractivity contribution in [3.63, 3.8) is 0 Å². The van der Waals surface area contributed by atoms with Crippen molar-refractivity contribution < 1.29 is 111 Å². The third kappa shape index (κ3) is 49.1. The third-order valence-corrected chi connectivity index (χ3v) is 1.84. The van der Waals surface area contributed by atoms with E-state index in [1.807, 2.05) is 0 Å². The Balaban J connectivity index is -0.000000110. The molecule has 0 atom stereocenters. The van der Waals surface area contributed by atoms with E-state index in [0.29, 0.717) is 11.1 Å². The average Bonchev–Trinajstić information content (AvgIpc) is 2.45. The van der Waals surface area contributed by atoms with Gasteiger partial charge in [-0.1, -0.05) is 24.3 Å². The maximum Gasteiger partial charge on any atom is 1.00 e. The molecule has 0 saturated heterocycles. The molecule has 0 amide bonds. The molecule has 23 heteroatoms. The SMILES string of the molecule is O=C1C=CC(=O)c2ccccc21.O=S(=O)(O)O.O=S(=O)(O)O.O=S(=O)(O)O.O=S(=O)(O)O.[H-].[Na+]. The largest absolute Gasteiger partial charge is 1.00 e. The monoisotopic (exact) mass is 574 g/mol. The van der Waals surface area contributed by atoms with Crippen LogP contribution in [-0.2, 0) is 41.6 Å². The van der Waals surface area contributed by atoms with Crippen molar-refractivity contribution in [1.29, 1.82) is 0 Å². The van der Waals surface area contributed by atoms with Gasteiger partial charge in [-0.3, -0.25) is 46.0 Å². The molecule has 188 valence electrons. The normalized spacial score (nSPS) is 12.4. The van der Waals surface area contributed by atoms with Crippen LogP contribution in [0.15, 0.2) is 36.4 Å². The fourth-order valence-electron chi connectivity index (χ4n) is 1.24. The first kappa shape index (κ1) is 39.0. The predicted molar refractivity (Wildman–Crippen MR) is 102 cm³/mol. The first-order valence-electron chi connectivity index (χ1n) is 6.44. The summed E-state index contributed by atoms with van der Waals surface area (Å²) < 4.78 is 126. The molecule has 0 aromatic heterocycles. The first-order valence-corrected chi connectivity index (χ1v) is 12.0. The van der Waals surface area contributed by atoms with E-state index in [4.69, 9.17) is 70.1 Å². The number of carbonyl (C=O) groups excluding carboxylic acids is 2. The van der Waals surface area contributed by atoms with E-state index < -0.39 is 41.6 Å². The van der Waals surface area contributed by atoms with Crippen LogP contribution in [0.25, 0.3) is 0 Å². The van der Waals surface area contributed by atoms with E-state index in [9.17, 15) is 9.59 Å². The van der Waals surface area contributed by atoms with E-state index in [1.54, 1.807) is 24.3 Å². The second-order valence-electron chi connectivity index (χ2n) is 4.40. The minimum absolute atomic E-state index is 0. The zero-order chi connectivity index (χ0) is 26.6. The van der Waals surface area contributed by atoms with Crippen LogP contribution in [0.4, 0.5) is 0 Å². The Morgan fingerprint density at radius 2 is 0.636 bits per heavy atom. The van der Waals surface area contributed by atoms with Crippen LogP contribution in [-0.4, -0.2) is 81.7 Å². The van der Waals surface area contributed by atoms with Crippen molar-refractivity contribution in [2.24, 2.45) is 0 Å². The molecule has 0 unspecified atom stereocenters. The Morgan fingerprint density at radius 1 is 0.485 bits per heavy atom. The second kappa shape index (κ2) is 16.4. The van der Waals surface area contributed by atoms with E-state index in [1.165, 1.54) is 12.2 Å². The van der Waals surface area contributed by atoms with Gasteiger partial charge in [0.25, 0.3) is 0 Å². The van der Waals surface area contributed by atoms with Crippen molar-refractivity contribution in [1.82, 2.24) is 0 Å². The number of ketones is 2. The van der Waals surface area contributed by atoms with E-state index in [0.717, 1.165) is 0 Å². The zero-order valence-corrected chi connectivity index (χ0v) is 21.0. The molecular weight excluding hydrogens is 559 g/mol. The van der Waals surface area contributed by atoms with Crippen LogP contribution in [0.1, 0.15) is 22.1 Å². The van der Waals surface area contributed by atoms with Crippen LogP contribution in [0, 0.1) is 0 Å². The fraction of sp³-hybridized carbons (Fsp3) is 0. The van der Waals surface area contributed by atoms with Gasteiger partial charge < -0.3 is 1.43 Å². The van der Waals surface area contributed by atoms with Gasteiger partial charge in [0.05, 0.1) is 0 Å². The van der Waals surface area contributed by atoms with E-state index >= 15 is 0 Å². The van der Waals surface area contributed by atoms with Gasteiger partial charge in [0.15, 0.2) is 11.6 Å². The maximum atomic E-state index is 11.2. The Morgan fingerprint density at radius 3 is 0.788 bits per heavy atom. The van der Waals surface area contributed by atoms with Gasteiger partial charge in [0.1, 0.15) is 0 Å². The molecule has 1 aliphatic carbocycles. The average molecular weight is 574 g/mol. The van der Waals surface area contributed by atoms with Crippen LogP contribution in [0.5, 0.6) is 0 Å². The number of hydrogen-bond acceptors (Lipinski definition) is 10. The Bertz CT molecular complexity index is 1040. The smallest absolute Gasteiger partial charge is 1.00 e. The third-order valence-electron chi connectivity index (χ3n) is 1.84. The van der Waals surface area contributed by atoms with Crippen molar-refractivity contribution in [2.45, 2.75) is 0 Å². The molecule has 0 fully saturated rings. The molecule has 0 radical (unpaired) electrons. The molecule has 8 N–H and O–H groups in total. The van der Waals surface area contributed by atoms with E-state index in [-0.39, 0.29) is 42.6 Å². The molecule has 1 aliphatic rings. The topological polar surface area (TPSA) is 333 Å². The molecule has 0 heterocycles. The molecule has 1 aromatic rings. The number of benzene rings is 1. The van der Waals surface area contributed by atoms with Gasteiger partial charge in [-0.15, -0.1) is 0 Å². The maximum absolute atomic E-state index is 11.2. The minimum Gasteiger partial charge on any atom is -1.00 e. The summed E-state index contributed by atoms with van der Waals surface area (Å²) in [6, 6.07) is 6.84. The van der Waals surface area contributed by atoms with Gasteiger partial charge in [0, 0.05) is 11.1 Å². The summed E-state index contributed by atoms with van der Waals surface area (Å²) in [5.41, 5.74) is 1.01. The molecule has 1 aromatic carbocycles. The van der Waals surface area contributed by atoms with Crippen molar-refractivity contribution in [3.8, 4) is 0 Å². The van der Waals surface area contributed by atoms with Crippen LogP contribution in [0.3, 0.4) is 0 Å². The number of allylic oxidation sites excluding steroid dienone is 2. The number of rotatable bonds is 0. The Kier molecular flexibility index (Phi) is 19.4. The number of fused-ring (bicyclic) bond motifs is 1. The zero-order valence-electron chi connectivity index (χ0n) is 16.8. The molecule has 0 aliphatic heterocycles. The van der Waals surface area contributed by atoms with Crippen LogP contribution < -0.4 is 29.6 Å². The first-order chi connectivity index (χ1) is 13.8. The molecular formula is C10H15NaO18S4. The molecule has 18 nitrogen and oxygen atoms in total. The molecule has 0 spiro atoms. The van der Waals surface area contributed by atoms with Gasteiger partial charge >= 0.3 is 71.2 Å². The van der Waals surface area contributed by atoms with Crippen LogP contribution >= 0.6 is 0 Å². The molecule has 0 bridgehead atoms. The minimum atomic E-state index is -4.67. The van der Waals surface area contributed by atoms with Crippen molar-refractivity contribution in [2.75, 3.05) is 0 Å². The fourth-order valence-corrected chi connectivity index (χ4v) is 1.24. The summed E-state index contributed by atoms with van der Waals surface area (Å²) in [6.07, 6.45) is 2.62. The summed E-state index contributed by atoms with van der Waals surface area (Å²) in [5.74, 6) is -0.185. The van der Waals surface area contributed by atoms with Gasteiger partial charge in [-0.25, -0.2) is 0 Å². The summed E-state index contributed by atoms with van der Waals surface area (Å²) in [4.78, 5) is 22.4. The summed E-state index contributed by atoms with van der Waals surface area (Å²) in [7, 11) is -18.7. The quantitative estimate of drug-likeness (QED) is 0.108. The van der Waals surface area contributed by atoms with Gasteiger partial charge in [-0.2, -0.15) is 33.7 Å². The van der Waals surface area contributed by atoms with Crippen molar-refractivity contribution in [3.05, 3.63) is 47.5 Å². The summed E-state index contributed by atoms with van der Waals surface area (Å²) in [5, 5.41) is 0. The number of hydrogen-bond donors (Lipinski definition) is 8. The van der Waals surface area contributed by atoms with Crippen LogP contribution in [0.2, 0.25) is 0 Å². The predicted octanol–water partition coefficient (Wildman–Crippen LogP) is -3.87. The molecule has 2 rings (SSSR count). The van der Waals surface area contributed by atoms with Gasteiger partial charge in [-0.05, 0) is 12.2 Å². The molecule has 33 heavy (non-hydrogen) atoms. The second-order valence-corrected chi connectivity index (χ2v) is 7.98. The van der Waals surface area contributed by atoms with Gasteiger partial charge in [0.2, 0.25) is 0 Å². The Hall–Kier alpha value is -1.22. The molecule has 0 saturated carbocycles.